The second kappa shape index (κ2) is 9.21. The van der Waals surface area contributed by atoms with Crippen LogP contribution in [0.15, 0.2) is 53.5 Å². The van der Waals surface area contributed by atoms with E-state index in [4.69, 9.17) is 16.3 Å². The smallest absolute Gasteiger partial charge is 0.325 e. The highest BCUT2D eigenvalue weighted by atomic mass is 35.5. The summed E-state index contributed by atoms with van der Waals surface area (Å²) in [5.74, 6) is 0.359. The van der Waals surface area contributed by atoms with Crippen LogP contribution in [0, 0.1) is 0 Å². The number of nitrogens with zero attached hydrogens (tertiary/aromatic N) is 2. The standard InChI is InChI=1S/C19H17ClN2O3S2/c1-25-18(24)10-22-15-8-7-14(20)9-16(15)27-19(22)21-17(23)12-26-11-13-5-3-2-4-6-13/h2-9H,10-12H2,1H3. The lowest BCUT2D eigenvalue weighted by molar-refractivity contribution is -0.141. The second-order valence-corrected chi connectivity index (χ2v) is 8.07. The molecule has 0 N–H and O–H groups in total. The summed E-state index contributed by atoms with van der Waals surface area (Å²) in [6.45, 7) is -0.0125. The first-order valence-electron chi connectivity index (χ1n) is 8.12. The van der Waals surface area contributed by atoms with Gasteiger partial charge < -0.3 is 9.30 Å². The number of esters is 1. The predicted molar refractivity (Wildman–Crippen MR) is 110 cm³/mol. The third kappa shape index (κ3) is 5.22. The number of benzene rings is 2. The van der Waals surface area contributed by atoms with E-state index in [1.807, 2.05) is 36.4 Å². The number of hydrogen-bond acceptors (Lipinski definition) is 5. The number of amides is 1. The van der Waals surface area contributed by atoms with E-state index >= 15 is 0 Å². The fraction of sp³-hybridized carbons (Fsp3) is 0.211. The fourth-order valence-electron chi connectivity index (χ4n) is 2.45. The van der Waals surface area contributed by atoms with E-state index in [-0.39, 0.29) is 18.2 Å². The van der Waals surface area contributed by atoms with E-state index in [0.717, 1.165) is 21.5 Å². The van der Waals surface area contributed by atoms with E-state index in [1.54, 1.807) is 16.7 Å². The Balaban J connectivity index is 1.81. The Labute approximate surface area is 169 Å². The van der Waals surface area contributed by atoms with Crippen molar-refractivity contribution in [3.05, 3.63) is 63.9 Å². The quantitative estimate of drug-likeness (QED) is 0.567. The fourth-order valence-corrected chi connectivity index (χ4v) is 4.54. The number of carbonyl (C=O) groups is 2. The molecule has 0 aliphatic carbocycles. The van der Waals surface area contributed by atoms with Crippen LogP contribution in [-0.4, -0.2) is 29.3 Å². The Morgan fingerprint density at radius 2 is 2.00 bits per heavy atom. The van der Waals surface area contributed by atoms with Crippen molar-refractivity contribution in [3.63, 3.8) is 0 Å². The van der Waals surface area contributed by atoms with Crippen LogP contribution in [0.1, 0.15) is 5.56 Å². The molecule has 2 aromatic carbocycles. The van der Waals surface area contributed by atoms with Crippen LogP contribution in [0.4, 0.5) is 0 Å². The van der Waals surface area contributed by atoms with Gasteiger partial charge in [0.15, 0.2) is 4.80 Å². The molecule has 1 amide bonds. The molecule has 0 atom stereocenters. The summed E-state index contributed by atoms with van der Waals surface area (Å²) in [4.78, 5) is 28.8. The average Bonchev–Trinajstić information content (AvgIpc) is 2.98. The lowest BCUT2D eigenvalue weighted by Crippen LogP contribution is -2.22. The molecule has 0 aliphatic heterocycles. The summed E-state index contributed by atoms with van der Waals surface area (Å²) < 4.78 is 7.30. The molecule has 5 nitrogen and oxygen atoms in total. The zero-order chi connectivity index (χ0) is 19.2. The normalized spacial score (nSPS) is 11.7. The molecule has 140 valence electrons. The Bertz CT molecular complexity index is 1030. The number of ether oxygens (including phenoxy) is 1. The van der Waals surface area contributed by atoms with Crippen LogP contribution in [0.3, 0.4) is 0 Å². The molecule has 0 fully saturated rings. The van der Waals surface area contributed by atoms with Gasteiger partial charge in [0.1, 0.15) is 6.54 Å². The number of hydrogen-bond donors (Lipinski definition) is 0. The number of halogens is 1. The number of thiazole rings is 1. The predicted octanol–water partition coefficient (Wildman–Crippen LogP) is 3.89. The number of rotatable bonds is 6. The van der Waals surface area contributed by atoms with Crippen LogP contribution in [0.2, 0.25) is 5.02 Å². The molecule has 1 heterocycles. The minimum absolute atomic E-state index is 0.0125. The highest BCUT2D eigenvalue weighted by Gasteiger charge is 2.12. The van der Waals surface area contributed by atoms with Crippen molar-refractivity contribution in [3.8, 4) is 0 Å². The molecule has 0 radical (unpaired) electrons. The molecular formula is C19H17ClN2O3S2. The van der Waals surface area contributed by atoms with Crippen molar-refractivity contribution in [1.82, 2.24) is 4.57 Å². The van der Waals surface area contributed by atoms with Gasteiger partial charge in [0.05, 0.1) is 23.1 Å². The van der Waals surface area contributed by atoms with Gasteiger partial charge >= 0.3 is 5.97 Å². The Morgan fingerprint density at radius 3 is 2.74 bits per heavy atom. The summed E-state index contributed by atoms with van der Waals surface area (Å²) in [7, 11) is 1.33. The summed E-state index contributed by atoms with van der Waals surface area (Å²) >= 11 is 8.88. The van der Waals surface area contributed by atoms with Crippen LogP contribution in [0.5, 0.6) is 0 Å². The van der Waals surface area contributed by atoms with E-state index < -0.39 is 5.97 Å². The topological polar surface area (TPSA) is 60.7 Å². The summed E-state index contributed by atoms with van der Waals surface area (Å²) in [6, 6.07) is 15.3. The molecule has 0 saturated heterocycles. The number of carbonyl (C=O) groups excluding carboxylic acids is 2. The van der Waals surface area contributed by atoms with Gasteiger partial charge in [0, 0.05) is 10.8 Å². The van der Waals surface area contributed by atoms with Crippen molar-refractivity contribution < 1.29 is 14.3 Å². The first-order valence-corrected chi connectivity index (χ1v) is 10.5. The molecular weight excluding hydrogens is 404 g/mol. The van der Waals surface area contributed by atoms with Gasteiger partial charge in [-0.25, -0.2) is 0 Å². The van der Waals surface area contributed by atoms with Crippen molar-refractivity contribution in [1.29, 1.82) is 0 Å². The molecule has 1 aromatic heterocycles. The van der Waals surface area contributed by atoms with Gasteiger partial charge in [-0.15, -0.1) is 11.8 Å². The number of fused-ring (bicyclic) bond motifs is 1. The monoisotopic (exact) mass is 420 g/mol. The van der Waals surface area contributed by atoms with Crippen LogP contribution < -0.4 is 4.80 Å². The largest absolute Gasteiger partial charge is 0.468 e. The first-order chi connectivity index (χ1) is 13.1. The number of thioether (sulfide) groups is 1. The van der Waals surface area contributed by atoms with Gasteiger partial charge in [-0.05, 0) is 23.8 Å². The van der Waals surface area contributed by atoms with Crippen LogP contribution in [-0.2, 0) is 26.6 Å². The maximum Gasteiger partial charge on any atom is 0.325 e. The minimum atomic E-state index is -0.406. The average molecular weight is 421 g/mol. The molecule has 0 unspecified atom stereocenters. The third-order valence-corrected chi connectivity index (χ3v) is 5.98. The second-order valence-electron chi connectivity index (χ2n) is 5.64. The first kappa shape index (κ1) is 19.7. The number of methoxy groups -OCH3 is 1. The SMILES string of the molecule is COC(=O)Cn1c(=NC(=O)CSCc2ccccc2)sc2cc(Cl)ccc21. The van der Waals surface area contributed by atoms with Crippen LogP contribution >= 0.6 is 34.7 Å². The van der Waals surface area contributed by atoms with E-state index in [2.05, 4.69) is 4.99 Å². The molecule has 3 rings (SSSR count). The van der Waals surface area contributed by atoms with Crippen molar-refractivity contribution in [2.75, 3.05) is 12.9 Å². The molecule has 0 spiro atoms. The molecule has 0 aliphatic rings. The summed E-state index contributed by atoms with van der Waals surface area (Å²) in [5, 5.41) is 0.588. The highest BCUT2D eigenvalue weighted by Crippen LogP contribution is 2.22. The molecule has 0 saturated carbocycles. The molecule has 3 aromatic rings. The van der Waals surface area contributed by atoms with Crippen molar-refractivity contribution in [2.24, 2.45) is 4.99 Å². The molecule has 8 heteroatoms. The summed E-state index contributed by atoms with van der Waals surface area (Å²) in [6.07, 6.45) is 0. The van der Waals surface area contributed by atoms with Gasteiger partial charge in [-0.1, -0.05) is 53.3 Å². The zero-order valence-corrected chi connectivity index (χ0v) is 16.9. The highest BCUT2D eigenvalue weighted by molar-refractivity contribution is 7.99. The Morgan fingerprint density at radius 1 is 1.22 bits per heavy atom. The van der Waals surface area contributed by atoms with Gasteiger partial charge in [-0.3, -0.25) is 9.59 Å². The Kier molecular flexibility index (Phi) is 6.71. The maximum atomic E-state index is 12.3. The molecule has 0 bridgehead atoms. The lowest BCUT2D eigenvalue weighted by Gasteiger charge is -2.03. The minimum Gasteiger partial charge on any atom is -0.468 e. The maximum absolute atomic E-state index is 12.3. The van der Waals surface area contributed by atoms with Gasteiger partial charge in [-0.2, -0.15) is 4.99 Å². The van der Waals surface area contributed by atoms with Crippen molar-refractivity contribution in [2.45, 2.75) is 12.3 Å². The number of aromatic nitrogens is 1. The molecule has 27 heavy (non-hydrogen) atoms. The van der Waals surface area contributed by atoms with Crippen molar-refractivity contribution >= 4 is 56.8 Å². The third-order valence-electron chi connectivity index (χ3n) is 3.72. The Hall–Kier alpha value is -2.09. The van der Waals surface area contributed by atoms with E-state index in [0.29, 0.717) is 9.82 Å². The zero-order valence-electron chi connectivity index (χ0n) is 14.6. The van der Waals surface area contributed by atoms with E-state index in [9.17, 15) is 9.59 Å². The van der Waals surface area contributed by atoms with Crippen LogP contribution in [0.25, 0.3) is 10.2 Å². The summed E-state index contributed by atoms with van der Waals surface area (Å²) in [5.41, 5.74) is 1.95. The van der Waals surface area contributed by atoms with E-state index in [1.165, 1.54) is 30.2 Å². The van der Waals surface area contributed by atoms with Gasteiger partial charge in [0.25, 0.3) is 5.91 Å². The van der Waals surface area contributed by atoms with Gasteiger partial charge in [0.2, 0.25) is 0 Å². The lowest BCUT2D eigenvalue weighted by atomic mass is 10.2.